The van der Waals surface area contributed by atoms with Crippen LogP contribution in [0.15, 0.2) is 30.6 Å². The van der Waals surface area contributed by atoms with Crippen LogP contribution in [-0.2, 0) is 20.8 Å². The molecule has 10 heteroatoms. The van der Waals surface area contributed by atoms with Crippen LogP contribution in [0.4, 0.5) is 0 Å². The van der Waals surface area contributed by atoms with E-state index in [9.17, 15) is 19.5 Å². The maximum atomic E-state index is 13.1. The fourth-order valence-electron chi connectivity index (χ4n) is 4.47. The van der Waals surface area contributed by atoms with Crippen LogP contribution < -0.4 is 16.1 Å². The Bertz CT molecular complexity index is 1210. The van der Waals surface area contributed by atoms with Gasteiger partial charge in [0.15, 0.2) is 0 Å². The monoisotopic (exact) mass is 538 g/mol. The van der Waals surface area contributed by atoms with Crippen LogP contribution in [0.1, 0.15) is 65.6 Å². The smallest absolute Gasteiger partial charge is 0.322 e. The van der Waals surface area contributed by atoms with E-state index in [2.05, 4.69) is 58.9 Å². The van der Waals surface area contributed by atoms with Crippen LogP contribution in [-0.4, -0.2) is 69.1 Å². The molecule has 1 saturated heterocycles. The molecular formula is C29H42N6O4. The van der Waals surface area contributed by atoms with Crippen molar-refractivity contribution in [2.45, 2.75) is 78.9 Å². The Morgan fingerprint density at radius 3 is 2.62 bits per heavy atom. The average Bonchev–Trinajstić information content (AvgIpc) is 2.90. The second-order valence-electron chi connectivity index (χ2n) is 11.3. The van der Waals surface area contributed by atoms with Crippen LogP contribution in [0.2, 0.25) is 0 Å². The number of carboxylic acid groups (broad SMARTS) is 1. The Balaban J connectivity index is 1.59. The van der Waals surface area contributed by atoms with E-state index >= 15 is 0 Å². The first-order valence-electron chi connectivity index (χ1n) is 13.7. The number of nitrogens with zero attached hydrogens (tertiary/aromatic N) is 3. The van der Waals surface area contributed by atoms with Gasteiger partial charge in [-0.25, -0.2) is 5.43 Å². The molecule has 3 unspecified atom stereocenters. The minimum absolute atomic E-state index is 0.0148. The van der Waals surface area contributed by atoms with Gasteiger partial charge in [-0.05, 0) is 61.3 Å². The van der Waals surface area contributed by atoms with E-state index < -0.39 is 24.1 Å². The number of aliphatic carboxylic acids is 1. The van der Waals surface area contributed by atoms with Crippen molar-refractivity contribution < 1.29 is 19.5 Å². The largest absolute Gasteiger partial charge is 0.480 e. The van der Waals surface area contributed by atoms with Gasteiger partial charge in [-0.1, -0.05) is 40.7 Å². The molecule has 0 spiro atoms. The first kappa shape index (κ1) is 30.2. The number of hydrazine groups is 1. The number of fused-ring (bicyclic) bond motifs is 1. The first-order chi connectivity index (χ1) is 18.4. The molecule has 0 radical (unpaired) electrons. The number of carboxylic acids is 1. The third kappa shape index (κ3) is 8.31. The van der Waals surface area contributed by atoms with Crippen molar-refractivity contribution in [2.24, 2.45) is 11.3 Å². The summed E-state index contributed by atoms with van der Waals surface area (Å²) in [6.07, 6.45) is 9.69. The highest BCUT2D eigenvalue weighted by atomic mass is 16.4. The number of carbonyl (C=O) groups excluding carboxylic acids is 2. The molecule has 0 saturated carbocycles. The predicted octanol–water partition coefficient (Wildman–Crippen LogP) is 2.93. The lowest BCUT2D eigenvalue weighted by molar-refractivity contribution is -0.148. The number of hydrogen-bond acceptors (Lipinski definition) is 7. The van der Waals surface area contributed by atoms with E-state index in [1.807, 2.05) is 32.2 Å². The number of hydrogen-bond donors (Lipinski definition) is 4. The lowest BCUT2D eigenvalue weighted by Crippen LogP contribution is -2.60. The number of amides is 2. The van der Waals surface area contributed by atoms with Gasteiger partial charge in [0.1, 0.15) is 12.1 Å². The second-order valence-corrected chi connectivity index (χ2v) is 11.3. The quantitative estimate of drug-likeness (QED) is 0.343. The zero-order valence-corrected chi connectivity index (χ0v) is 23.8. The van der Waals surface area contributed by atoms with Crippen LogP contribution in [0.3, 0.4) is 0 Å². The number of pyridine rings is 2. The normalized spacial score (nSPS) is 17.9. The Hall–Kier alpha value is -3.37. The molecule has 0 aliphatic carbocycles. The van der Waals surface area contributed by atoms with Crippen molar-refractivity contribution in [1.82, 2.24) is 31.0 Å². The Labute approximate surface area is 230 Å². The van der Waals surface area contributed by atoms with Crippen molar-refractivity contribution in [3.05, 3.63) is 41.9 Å². The summed E-state index contributed by atoms with van der Waals surface area (Å²) in [7, 11) is 0. The number of carbonyl (C=O) groups is 3. The van der Waals surface area contributed by atoms with Crippen molar-refractivity contribution in [2.75, 3.05) is 13.1 Å². The molecule has 4 N–H and O–H groups in total. The zero-order valence-electron chi connectivity index (χ0n) is 23.8. The molecular weight excluding hydrogens is 496 g/mol. The number of aryl methyl sites for hydroxylation is 1. The van der Waals surface area contributed by atoms with E-state index in [1.165, 1.54) is 10.6 Å². The average molecular weight is 539 g/mol. The topological polar surface area (TPSA) is 137 Å². The SMILES string of the molecule is CCc1cnc2cnc(C=CC(C)(C)CNC(C(=O)NC(C)C(=O)N3CCCC(C(=O)O)N3)C(C)C)cc2c1. The van der Waals surface area contributed by atoms with Gasteiger partial charge in [0.2, 0.25) is 5.91 Å². The lowest BCUT2D eigenvalue weighted by Gasteiger charge is -2.34. The molecule has 0 bridgehead atoms. The van der Waals surface area contributed by atoms with Crippen LogP contribution in [0, 0.1) is 11.3 Å². The van der Waals surface area contributed by atoms with Gasteiger partial charge in [-0.2, -0.15) is 0 Å². The fraction of sp³-hybridized carbons (Fsp3) is 0.552. The predicted molar refractivity (Wildman–Crippen MR) is 151 cm³/mol. The summed E-state index contributed by atoms with van der Waals surface area (Å²) in [6, 6.07) is 2.06. The molecule has 3 atom stereocenters. The van der Waals surface area contributed by atoms with Crippen molar-refractivity contribution in [1.29, 1.82) is 0 Å². The summed E-state index contributed by atoms with van der Waals surface area (Å²) in [6.45, 7) is 12.7. The minimum atomic E-state index is -0.996. The number of aromatic nitrogens is 2. The summed E-state index contributed by atoms with van der Waals surface area (Å²) < 4.78 is 0. The van der Waals surface area contributed by atoms with Gasteiger partial charge in [-0.15, -0.1) is 0 Å². The standard InChI is InChI=1S/C29H42N6O4/c1-7-20-13-21-14-22(30-16-24(21)31-15-20)10-11-29(5,6)17-32-25(18(2)3)26(36)33-19(4)27(37)35-12-8-9-23(34-35)28(38)39/h10-11,13-16,18-19,23,25,32,34H,7-9,12,17H2,1-6H3,(H,33,36)(H,38,39). The Morgan fingerprint density at radius 1 is 1.21 bits per heavy atom. The summed E-state index contributed by atoms with van der Waals surface area (Å²) in [5.41, 5.74) is 5.35. The van der Waals surface area contributed by atoms with Crippen molar-refractivity contribution in [3.63, 3.8) is 0 Å². The molecule has 3 rings (SSSR count). The third-order valence-corrected chi connectivity index (χ3v) is 6.97. The fourth-order valence-corrected chi connectivity index (χ4v) is 4.47. The van der Waals surface area contributed by atoms with Gasteiger partial charge < -0.3 is 15.7 Å². The molecule has 1 aliphatic rings. The second kappa shape index (κ2) is 13.1. The molecule has 2 aromatic rings. The maximum absolute atomic E-state index is 13.1. The van der Waals surface area contributed by atoms with E-state index in [4.69, 9.17) is 0 Å². The summed E-state index contributed by atoms with van der Waals surface area (Å²) in [5.74, 6) is -1.64. The first-order valence-corrected chi connectivity index (χ1v) is 13.7. The summed E-state index contributed by atoms with van der Waals surface area (Å²) >= 11 is 0. The number of nitrogens with one attached hydrogen (secondary N) is 3. The molecule has 3 heterocycles. The number of rotatable bonds is 11. The van der Waals surface area contributed by atoms with E-state index in [1.54, 1.807) is 13.1 Å². The van der Waals surface area contributed by atoms with Crippen LogP contribution in [0.5, 0.6) is 0 Å². The van der Waals surface area contributed by atoms with Crippen molar-refractivity contribution in [3.8, 4) is 0 Å². The van der Waals surface area contributed by atoms with E-state index in [0.29, 0.717) is 25.9 Å². The van der Waals surface area contributed by atoms with Crippen LogP contribution >= 0.6 is 0 Å². The summed E-state index contributed by atoms with van der Waals surface area (Å²) in [5, 5.41) is 17.8. The van der Waals surface area contributed by atoms with Gasteiger partial charge in [-0.3, -0.25) is 29.4 Å². The molecule has 1 aliphatic heterocycles. The molecule has 0 aromatic carbocycles. The molecule has 2 aromatic heterocycles. The minimum Gasteiger partial charge on any atom is -0.480 e. The maximum Gasteiger partial charge on any atom is 0.322 e. The highest BCUT2D eigenvalue weighted by Gasteiger charge is 2.32. The van der Waals surface area contributed by atoms with Gasteiger partial charge >= 0.3 is 5.97 Å². The lowest BCUT2D eigenvalue weighted by atomic mass is 9.91. The molecule has 1 fully saturated rings. The molecule has 10 nitrogen and oxygen atoms in total. The van der Waals surface area contributed by atoms with E-state index in [0.717, 1.165) is 23.0 Å². The van der Waals surface area contributed by atoms with E-state index in [-0.39, 0.29) is 23.1 Å². The van der Waals surface area contributed by atoms with Crippen molar-refractivity contribution >= 4 is 34.8 Å². The Kier molecular flexibility index (Phi) is 10.2. The Morgan fingerprint density at radius 2 is 1.95 bits per heavy atom. The highest BCUT2D eigenvalue weighted by molar-refractivity contribution is 5.89. The van der Waals surface area contributed by atoms with Gasteiger partial charge in [0.05, 0.1) is 23.4 Å². The highest BCUT2D eigenvalue weighted by Crippen LogP contribution is 2.20. The molecule has 212 valence electrons. The van der Waals surface area contributed by atoms with Crippen LogP contribution in [0.25, 0.3) is 17.0 Å². The third-order valence-electron chi connectivity index (χ3n) is 6.97. The van der Waals surface area contributed by atoms with Gasteiger partial charge in [0.25, 0.3) is 5.91 Å². The zero-order chi connectivity index (χ0) is 28.7. The van der Waals surface area contributed by atoms with Gasteiger partial charge in [0, 0.05) is 24.7 Å². The molecule has 2 amide bonds. The summed E-state index contributed by atoms with van der Waals surface area (Å²) in [4.78, 5) is 46.3. The molecule has 39 heavy (non-hydrogen) atoms.